The smallest absolute Gasteiger partial charge is 0.303 e. The molecule has 1 N–H and O–H groups in total. The summed E-state index contributed by atoms with van der Waals surface area (Å²) in [6.45, 7) is 2.06. The molecule has 0 rings (SSSR count). The van der Waals surface area contributed by atoms with Crippen LogP contribution in [0, 0.1) is 0 Å². The van der Waals surface area contributed by atoms with Crippen molar-refractivity contribution in [3.8, 4) is 0 Å². The molecule has 1 unspecified atom stereocenters. The highest BCUT2D eigenvalue weighted by Crippen LogP contribution is 2.06. The summed E-state index contributed by atoms with van der Waals surface area (Å²) in [7, 11) is 0. The van der Waals surface area contributed by atoms with Gasteiger partial charge in [-0.1, -0.05) is 39.0 Å². The zero-order chi connectivity index (χ0) is 11.2. The molecule has 0 heterocycles. The summed E-state index contributed by atoms with van der Waals surface area (Å²) in [4.78, 5) is 10.5. The topological polar surface area (TPSA) is 37.3 Å². The van der Waals surface area contributed by atoms with Crippen LogP contribution in [0.4, 0.5) is 0 Å². The lowest BCUT2D eigenvalue weighted by atomic mass is 10.1. The van der Waals surface area contributed by atoms with E-state index in [2.05, 4.69) is 6.92 Å². The van der Waals surface area contributed by atoms with E-state index < -0.39 is 18.7 Å². The summed E-state index contributed by atoms with van der Waals surface area (Å²) in [5, 5.41) is 8.52. The third-order valence-corrected chi connectivity index (χ3v) is 1.43. The second kappa shape index (κ2) is 7.58. The van der Waals surface area contributed by atoms with Gasteiger partial charge in [-0.3, -0.25) is 4.79 Å². The molecule has 0 fully saturated rings. The number of carbonyl (C=O) groups is 1. The summed E-state index contributed by atoms with van der Waals surface area (Å²) in [6.07, 6.45) is 0.566. The van der Waals surface area contributed by atoms with Crippen LogP contribution in [0.5, 0.6) is 0 Å². The third-order valence-electron chi connectivity index (χ3n) is 1.43. The van der Waals surface area contributed by atoms with Crippen LogP contribution < -0.4 is 0 Å². The summed E-state index contributed by atoms with van der Waals surface area (Å²) in [5.41, 5.74) is 0. The Morgan fingerprint density at radius 3 is 2.55 bits per heavy atom. The van der Waals surface area contributed by atoms with Crippen LogP contribution in [0.15, 0.2) is 0 Å². The van der Waals surface area contributed by atoms with Crippen molar-refractivity contribution in [1.29, 1.82) is 0 Å². The lowest BCUT2D eigenvalue weighted by Gasteiger charge is -1.97. The van der Waals surface area contributed by atoms with Crippen molar-refractivity contribution in [2.45, 2.75) is 51.8 Å². The van der Waals surface area contributed by atoms with Crippen LogP contribution in [-0.4, -0.2) is 11.1 Å². The van der Waals surface area contributed by atoms with Crippen LogP contribution >= 0.6 is 0 Å². The Kier molecular flexibility index (Phi) is 4.16. The first kappa shape index (κ1) is 6.04. The van der Waals surface area contributed by atoms with E-state index in [1.807, 2.05) is 0 Å². The maximum Gasteiger partial charge on any atom is 0.303 e. The van der Waals surface area contributed by atoms with Gasteiger partial charge in [-0.25, -0.2) is 0 Å². The lowest BCUT2D eigenvalue weighted by Crippen LogP contribution is -1.93. The fourth-order valence-corrected chi connectivity index (χ4v) is 0.833. The van der Waals surface area contributed by atoms with Crippen LogP contribution in [0.25, 0.3) is 0 Å². The van der Waals surface area contributed by atoms with Crippen molar-refractivity contribution in [2.24, 2.45) is 0 Å². The summed E-state index contributed by atoms with van der Waals surface area (Å²) in [5.74, 6) is -1.53. The molecule has 0 saturated heterocycles. The minimum absolute atomic E-state index is 0.319. The van der Waals surface area contributed by atoms with Crippen LogP contribution in [0.3, 0.4) is 0 Å². The van der Waals surface area contributed by atoms with E-state index in [0.717, 1.165) is 25.7 Å². The number of unbranched alkanes of at least 4 members (excludes halogenated alkanes) is 3. The highest BCUT2D eigenvalue weighted by Gasteiger charge is 1.95. The lowest BCUT2D eigenvalue weighted by molar-refractivity contribution is -0.137. The number of aliphatic carboxylic acids is 1. The van der Waals surface area contributed by atoms with Crippen molar-refractivity contribution < 1.29 is 14.0 Å². The third kappa shape index (κ3) is 9.47. The molecule has 1 atom stereocenters. The number of carboxylic acid groups (broad SMARTS) is 1. The second-order valence-electron chi connectivity index (χ2n) is 2.50. The van der Waals surface area contributed by atoms with Crippen molar-refractivity contribution in [2.75, 3.05) is 0 Å². The summed E-state index contributed by atoms with van der Waals surface area (Å²) >= 11 is 0. The highest BCUT2D eigenvalue weighted by atomic mass is 16.4. The Balaban J connectivity index is 3.83. The molecular formula is C9H18O2. The molecule has 66 valence electrons. The second-order valence-corrected chi connectivity index (χ2v) is 2.50. The van der Waals surface area contributed by atoms with Gasteiger partial charge in [0.1, 0.15) is 0 Å². The molecule has 0 aliphatic heterocycles. The molecule has 0 aromatic rings. The van der Waals surface area contributed by atoms with Gasteiger partial charge in [0.15, 0.2) is 0 Å². The monoisotopic (exact) mass is 161 g/mol. The van der Waals surface area contributed by atoms with E-state index >= 15 is 0 Å². The Bertz CT molecular complexity index is 183. The number of hydrogen-bond acceptors (Lipinski definition) is 1. The van der Waals surface area contributed by atoms with E-state index in [1.54, 1.807) is 0 Å². The van der Waals surface area contributed by atoms with Gasteiger partial charge >= 0.3 is 5.97 Å². The van der Waals surface area contributed by atoms with E-state index in [-0.39, 0.29) is 0 Å². The molecule has 2 nitrogen and oxygen atoms in total. The fourth-order valence-electron chi connectivity index (χ4n) is 0.833. The SMILES string of the molecule is [2H]C(CCCCCC)C([2H])([2H])C(=O)O. The minimum atomic E-state index is -2.41. The average Bonchev–Trinajstić information content (AvgIpc) is 2.11. The van der Waals surface area contributed by atoms with Crippen molar-refractivity contribution in [3.05, 3.63) is 0 Å². The molecule has 0 aromatic carbocycles. The Labute approximate surface area is 72.8 Å². The normalized spacial score (nSPS) is 18.1. The summed E-state index contributed by atoms with van der Waals surface area (Å²) < 4.78 is 21.7. The molecule has 0 bridgehead atoms. The molecule has 0 aliphatic rings. The number of hydrogen-bond donors (Lipinski definition) is 1. The number of carboxylic acids is 1. The van der Waals surface area contributed by atoms with Gasteiger partial charge < -0.3 is 5.11 Å². The standard InChI is InChI=1S/C9H18O2/c1-2-3-4-5-6-7-8-9(10)11/h2-8H2,1H3,(H,10,11)/i7D,8D2. The van der Waals surface area contributed by atoms with E-state index in [1.165, 1.54) is 0 Å². The van der Waals surface area contributed by atoms with Gasteiger partial charge in [-0.2, -0.15) is 0 Å². The van der Waals surface area contributed by atoms with Crippen molar-refractivity contribution in [1.82, 2.24) is 0 Å². The predicted octanol–water partition coefficient (Wildman–Crippen LogP) is 2.82. The van der Waals surface area contributed by atoms with E-state index in [9.17, 15) is 4.79 Å². The molecular weight excluding hydrogens is 140 g/mol. The zero-order valence-corrected chi connectivity index (χ0v) is 6.97. The molecule has 2 heteroatoms. The first-order valence-electron chi connectivity index (χ1n) is 5.66. The van der Waals surface area contributed by atoms with Gasteiger partial charge in [0, 0.05) is 10.5 Å². The fraction of sp³-hybridized carbons (Fsp3) is 0.889. The molecule has 0 radical (unpaired) electrons. The highest BCUT2D eigenvalue weighted by molar-refractivity contribution is 5.66. The Morgan fingerprint density at radius 2 is 2.00 bits per heavy atom. The van der Waals surface area contributed by atoms with E-state index in [0.29, 0.717) is 6.42 Å². The van der Waals surface area contributed by atoms with Gasteiger partial charge in [0.2, 0.25) is 0 Å². The molecule has 0 saturated carbocycles. The zero-order valence-electron chi connectivity index (χ0n) is 9.97. The minimum Gasteiger partial charge on any atom is -0.481 e. The van der Waals surface area contributed by atoms with E-state index in [4.69, 9.17) is 9.22 Å². The molecule has 0 amide bonds. The first-order chi connectivity index (χ1) is 6.42. The molecule has 0 aromatic heterocycles. The number of rotatable bonds is 7. The largest absolute Gasteiger partial charge is 0.481 e. The maximum atomic E-state index is 10.5. The van der Waals surface area contributed by atoms with Crippen LogP contribution in [0.2, 0.25) is 0 Å². The van der Waals surface area contributed by atoms with Crippen molar-refractivity contribution in [3.63, 3.8) is 0 Å². The summed E-state index contributed by atoms with van der Waals surface area (Å²) in [6, 6.07) is 0. The maximum absolute atomic E-state index is 10.5. The molecule has 0 aliphatic carbocycles. The van der Waals surface area contributed by atoms with Gasteiger partial charge in [-0.15, -0.1) is 0 Å². The van der Waals surface area contributed by atoms with Gasteiger partial charge in [0.25, 0.3) is 0 Å². The van der Waals surface area contributed by atoms with Gasteiger partial charge in [-0.05, 0) is 6.40 Å². The van der Waals surface area contributed by atoms with Gasteiger partial charge in [0.05, 0.1) is 0 Å². The Morgan fingerprint density at radius 1 is 1.36 bits per heavy atom. The van der Waals surface area contributed by atoms with Crippen LogP contribution in [-0.2, 0) is 4.79 Å². The average molecular weight is 161 g/mol. The van der Waals surface area contributed by atoms with Crippen LogP contribution in [0.1, 0.15) is 55.9 Å². The molecule has 0 spiro atoms. The first-order valence-corrected chi connectivity index (χ1v) is 4.08. The van der Waals surface area contributed by atoms with Crippen molar-refractivity contribution >= 4 is 5.97 Å². The quantitative estimate of drug-likeness (QED) is 0.583. The predicted molar refractivity (Wildman–Crippen MR) is 45.6 cm³/mol. The Hall–Kier alpha value is -0.530. The molecule has 11 heavy (non-hydrogen) atoms.